The highest BCUT2D eigenvalue weighted by Crippen LogP contribution is 2.37. The largest absolute Gasteiger partial charge is 0.348 e. The van der Waals surface area contributed by atoms with Crippen LogP contribution in [0, 0.1) is 17.8 Å². The van der Waals surface area contributed by atoms with Crippen molar-refractivity contribution in [3.63, 3.8) is 0 Å². The summed E-state index contributed by atoms with van der Waals surface area (Å²) in [6, 6.07) is 8.75. The first-order valence-corrected chi connectivity index (χ1v) is 9.69. The Kier molecular flexibility index (Phi) is 6.51. The van der Waals surface area contributed by atoms with Crippen LogP contribution in [0.25, 0.3) is 0 Å². The Bertz CT molecular complexity index is 503. The minimum atomic E-state index is -0.173. The van der Waals surface area contributed by atoms with Crippen molar-refractivity contribution in [1.82, 2.24) is 0 Å². The van der Waals surface area contributed by atoms with Crippen molar-refractivity contribution >= 4 is 0 Å². The van der Waals surface area contributed by atoms with Crippen LogP contribution in [-0.4, -0.2) is 13.2 Å². The summed E-state index contributed by atoms with van der Waals surface area (Å²) in [5.74, 6) is 2.30. The number of hydrogen-bond acceptors (Lipinski definition) is 2. The highest BCUT2D eigenvalue weighted by atomic mass is 16.7. The van der Waals surface area contributed by atoms with Gasteiger partial charge in [0.25, 0.3) is 0 Å². The molecule has 1 saturated heterocycles. The van der Waals surface area contributed by atoms with Crippen LogP contribution in [0.2, 0.25) is 0 Å². The summed E-state index contributed by atoms with van der Waals surface area (Å²) in [6.45, 7) is 6.16. The van der Waals surface area contributed by atoms with Crippen LogP contribution < -0.4 is 0 Å². The van der Waals surface area contributed by atoms with E-state index in [1.165, 1.54) is 31.2 Å². The zero-order valence-corrected chi connectivity index (χ0v) is 15.2. The number of ether oxygens (including phenoxy) is 2. The molecule has 2 heteroatoms. The second-order valence-corrected chi connectivity index (χ2v) is 7.63. The molecule has 0 N–H and O–H groups in total. The van der Waals surface area contributed by atoms with Gasteiger partial charge in [-0.3, -0.25) is 0 Å². The molecule has 1 aliphatic carbocycles. The van der Waals surface area contributed by atoms with Crippen LogP contribution in [0.3, 0.4) is 0 Å². The second-order valence-electron chi connectivity index (χ2n) is 7.63. The van der Waals surface area contributed by atoms with E-state index in [1.807, 2.05) is 0 Å². The first kappa shape index (κ1) is 17.7. The third-order valence-corrected chi connectivity index (χ3v) is 5.74. The van der Waals surface area contributed by atoms with Crippen molar-refractivity contribution in [2.45, 2.75) is 58.7 Å². The van der Waals surface area contributed by atoms with Gasteiger partial charge >= 0.3 is 0 Å². The van der Waals surface area contributed by atoms with Crippen molar-refractivity contribution in [3.8, 4) is 0 Å². The predicted octanol–water partition coefficient (Wildman–Crippen LogP) is 5.68. The summed E-state index contributed by atoms with van der Waals surface area (Å²) in [7, 11) is 0. The van der Waals surface area contributed by atoms with Gasteiger partial charge in [0.1, 0.15) is 0 Å². The zero-order valence-electron chi connectivity index (χ0n) is 15.2. The molecule has 0 spiro atoms. The Hall–Kier alpha value is -1.12. The highest BCUT2D eigenvalue weighted by Gasteiger charge is 2.31. The van der Waals surface area contributed by atoms with Gasteiger partial charge in [-0.2, -0.15) is 0 Å². The molecule has 0 unspecified atom stereocenters. The van der Waals surface area contributed by atoms with Crippen LogP contribution in [0.15, 0.2) is 36.4 Å². The molecule has 132 valence electrons. The zero-order chi connectivity index (χ0) is 16.8. The van der Waals surface area contributed by atoms with E-state index in [2.05, 4.69) is 50.3 Å². The highest BCUT2D eigenvalue weighted by molar-refractivity contribution is 5.24. The molecule has 1 aromatic rings. The predicted molar refractivity (Wildman–Crippen MR) is 98.8 cm³/mol. The molecule has 2 aliphatic rings. The van der Waals surface area contributed by atoms with Gasteiger partial charge in [0.05, 0.1) is 13.2 Å². The number of hydrogen-bond donors (Lipinski definition) is 0. The van der Waals surface area contributed by atoms with E-state index in [-0.39, 0.29) is 6.29 Å². The number of benzene rings is 1. The van der Waals surface area contributed by atoms with Gasteiger partial charge in [-0.25, -0.2) is 0 Å². The quantitative estimate of drug-likeness (QED) is 0.647. The van der Waals surface area contributed by atoms with Crippen molar-refractivity contribution in [2.24, 2.45) is 17.8 Å². The average Bonchev–Trinajstić information content (AvgIpc) is 2.63. The van der Waals surface area contributed by atoms with E-state index in [4.69, 9.17) is 9.47 Å². The lowest BCUT2D eigenvalue weighted by Gasteiger charge is -2.37. The molecule has 3 rings (SSSR count). The Balaban J connectivity index is 1.47. The minimum Gasteiger partial charge on any atom is -0.348 e. The average molecular weight is 328 g/mol. The van der Waals surface area contributed by atoms with E-state index in [9.17, 15) is 0 Å². The Labute approximate surface area is 147 Å². The maximum Gasteiger partial charge on any atom is 0.183 e. The molecule has 24 heavy (non-hydrogen) atoms. The van der Waals surface area contributed by atoms with Crippen molar-refractivity contribution in [2.75, 3.05) is 13.2 Å². The molecule has 2 fully saturated rings. The fraction of sp³-hybridized carbons (Fsp3) is 0.636. The molecule has 2 nitrogen and oxygen atoms in total. The van der Waals surface area contributed by atoms with Gasteiger partial charge < -0.3 is 9.47 Å². The molecule has 0 bridgehead atoms. The lowest BCUT2D eigenvalue weighted by molar-refractivity contribution is -0.214. The summed E-state index contributed by atoms with van der Waals surface area (Å²) in [4.78, 5) is 0. The SMILES string of the molecule is CC=CCCc1ccc(C2OCC(C3CCC(C)CC3)CO2)cc1. The van der Waals surface area contributed by atoms with Gasteiger partial charge in [-0.05, 0) is 50.0 Å². The van der Waals surface area contributed by atoms with Crippen LogP contribution in [0.1, 0.15) is 63.4 Å². The van der Waals surface area contributed by atoms with E-state index in [1.54, 1.807) is 0 Å². The maximum absolute atomic E-state index is 6.06. The summed E-state index contributed by atoms with van der Waals surface area (Å²) < 4.78 is 12.1. The molecule has 0 aromatic heterocycles. The van der Waals surface area contributed by atoms with Crippen LogP contribution in [0.5, 0.6) is 0 Å². The van der Waals surface area contributed by atoms with E-state index in [0.29, 0.717) is 5.92 Å². The molecule has 1 aromatic carbocycles. The van der Waals surface area contributed by atoms with Gasteiger partial charge in [0, 0.05) is 11.5 Å². The number of rotatable bonds is 5. The van der Waals surface area contributed by atoms with Gasteiger partial charge in [-0.1, -0.05) is 56.2 Å². The van der Waals surface area contributed by atoms with E-state index < -0.39 is 0 Å². The Morgan fingerprint density at radius 3 is 2.25 bits per heavy atom. The molecule has 0 amide bonds. The fourth-order valence-corrected chi connectivity index (χ4v) is 4.00. The molecule has 0 atom stereocenters. The fourth-order valence-electron chi connectivity index (χ4n) is 4.00. The molecule has 1 aliphatic heterocycles. The molecular formula is C22H32O2. The number of allylic oxidation sites excluding steroid dienone is 2. The summed E-state index contributed by atoms with van der Waals surface area (Å²) in [6.07, 6.45) is 11.8. The normalized spacial score (nSPS) is 31.4. The molecule has 0 radical (unpaired) electrons. The lowest BCUT2D eigenvalue weighted by atomic mass is 9.76. The minimum absolute atomic E-state index is 0.173. The smallest absolute Gasteiger partial charge is 0.183 e. The van der Waals surface area contributed by atoms with Crippen molar-refractivity contribution in [1.29, 1.82) is 0 Å². The lowest BCUT2D eigenvalue weighted by Crippen LogP contribution is -2.34. The summed E-state index contributed by atoms with van der Waals surface area (Å²) in [5, 5.41) is 0. The van der Waals surface area contributed by atoms with Gasteiger partial charge in [0.2, 0.25) is 0 Å². The van der Waals surface area contributed by atoms with E-state index >= 15 is 0 Å². The van der Waals surface area contributed by atoms with Gasteiger partial charge in [-0.15, -0.1) is 0 Å². The van der Waals surface area contributed by atoms with Crippen LogP contribution in [-0.2, 0) is 15.9 Å². The van der Waals surface area contributed by atoms with Crippen molar-refractivity contribution in [3.05, 3.63) is 47.5 Å². The van der Waals surface area contributed by atoms with Crippen molar-refractivity contribution < 1.29 is 9.47 Å². The first-order valence-electron chi connectivity index (χ1n) is 9.69. The Morgan fingerprint density at radius 1 is 0.958 bits per heavy atom. The van der Waals surface area contributed by atoms with E-state index in [0.717, 1.165) is 43.5 Å². The summed E-state index contributed by atoms with van der Waals surface area (Å²) in [5.41, 5.74) is 2.53. The first-order chi connectivity index (χ1) is 11.8. The second kappa shape index (κ2) is 8.82. The summed E-state index contributed by atoms with van der Waals surface area (Å²) >= 11 is 0. The van der Waals surface area contributed by atoms with Crippen LogP contribution in [0.4, 0.5) is 0 Å². The Morgan fingerprint density at radius 2 is 1.62 bits per heavy atom. The molecule has 1 heterocycles. The topological polar surface area (TPSA) is 18.5 Å². The standard InChI is InChI=1S/C22H32O2/c1-3-4-5-6-18-9-13-20(14-10-18)22-23-15-21(16-24-22)19-11-7-17(2)8-12-19/h3-4,9-10,13-14,17,19,21-22H,5-8,11-12,15-16H2,1-2H3. The monoisotopic (exact) mass is 328 g/mol. The maximum atomic E-state index is 6.06. The molecular weight excluding hydrogens is 296 g/mol. The van der Waals surface area contributed by atoms with Crippen LogP contribution >= 0.6 is 0 Å². The van der Waals surface area contributed by atoms with Gasteiger partial charge in [0.15, 0.2) is 6.29 Å². The third kappa shape index (κ3) is 4.70. The molecule has 1 saturated carbocycles. The number of aryl methyl sites for hydroxylation is 1. The third-order valence-electron chi connectivity index (χ3n) is 5.74.